The molecule has 0 N–H and O–H groups in total. The number of amides is 1. The lowest BCUT2D eigenvalue weighted by molar-refractivity contribution is -0.132. The van der Waals surface area contributed by atoms with Gasteiger partial charge in [-0.05, 0) is 24.8 Å². The van der Waals surface area contributed by atoms with Gasteiger partial charge in [-0.25, -0.2) is 4.98 Å². The number of aromatic nitrogens is 5. The van der Waals surface area contributed by atoms with Crippen molar-refractivity contribution >= 4 is 5.91 Å². The molecule has 1 aliphatic rings. The molecule has 7 heteroatoms. The Kier molecular flexibility index (Phi) is 4.91. The Morgan fingerprint density at radius 3 is 2.85 bits per heavy atom. The predicted molar refractivity (Wildman–Crippen MR) is 101 cm³/mol. The Morgan fingerprint density at radius 1 is 1.22 bits per heavy atom. The monoisotopic (exact) mass is 362 g/mol. The molecule has 2 aromatic heterocycles. The van der Waals surface area contributed by atoms with Gasteiger partial charge in [0.05, 0.1) is 12.1 Å². The predicted octanol–water partition coefficient (Wildman–Crippen LogP) is 2.31. The van der Waals surface area contributed by atoms with Crippen LogP contribution in [0.3, 0.4) is 0 Å². The van der Waals surface area contributed by atoms with Crippen molar-refractivity contribution in [3.63, 3.8) is 0 Å². The van der Waals surface area contributed by atoms with Crippen molar-refractivity contribution in [2.75, 3.05) is 13.6 Å². The van der Waals surface area contributed by atoms with Gasteiger partial charge in [0.1, 0.15) is 11.5 Å². The third-order valence-corrected chi connectivity index (χ3v) is 5.01. The number of carbonyl (C=O) groups excluding carboxylic acids is 1. The minimum Gasteiger partial charge on any atom is -0.345 e. The van der Waals surface area contributed by atoms with E-state index in [0.717, 1.165) is 31.6 Å². The van der Waals surface area contributed by atoms with Crippen LogP contribution in [0.15, 0.2) is 48.9 Å². The van der Waals surface area contributed by atoms with E-state index >= 15 is 0 Å². The van der Waals surface area contributed by atoms with Gasteiger partial charge in [0.15, 0.2) is 5.82 Å². The van der Waals surface area contributed by atoms with Crippen molar-refractivity contribution in [2.45, 2.75) is 31.7 Å². The summed E-state index contributed by atoms with van der Waals surface area (Å²) < 4.78 is 2.01. The van der Waals surface area contributed by atoms with Crippen LogP contribution in [0.1, 0.15) is 30.1 Å². The summed E-state index contributed by atoms with van der Waals surface area (Å²) in [4.78, 5) is 23.3. The maximum Gasteiger partial charge on any atom is 0.233 e. The molecule has 1 unspecified atom stereocenters. The van der Waals surface area contributed by atoms with E-state index in [-0.39, 0.29) is 11.8 Å². The van der Waals surface area contributed by atoms with Gasteiger partial charge in [0, 0.05) is 32.5 Å². The molecule has 0 saturated carbocycles. The molecule has 1 atom stereocenters. The van der Waals surface area contributed by atoms with Gasteiger partial charge in [-0.3, -0.25) is 9.78 Å². The van der Waals surface area contributed by atoms with E-state index in [9.17, 15) is 4.79 Å². The second-order valence-corrected chi connectivity index (χ2v) is 6.81. The summed E-state index contributed by atoms with van der Waals surface area (Å²) >= 11 is 0. The van der Waals surface area contributed by atoms with Crippen molar-refractivity contribution in [1.29, 1.82) is 0 Å². The molecule has 0 aliphatic carbocycles. The highest BCUT2D eigenvalue weighted by atomic mass is 16.2. The number of likely N-dealkylation sites (N-methyl/N-ethyl adjacent to an activating group) is 1. The van der Waals surface area contributed by atoms with E-state index in [1.807, 2.05) is 34.7 Å². The fourth-order valence-corrected chi connectivity index (χ4v) is 3.53. The van der Waals surface area contributed by atoms with E-state index in [2.05, 4.69) is 32.3 Å². The molecule has 1 amide bonds. The van der Waals surface area contributed by atoms with Crippen molar-refractivity contribution < 1.29 is 4.79 Å². The lowest BCUT2D eigenvalue weighted by Gasteiger charge is -2.27. The van der Waals surface area contributed by atoms with Crippen LogP contribution in [-0.4, -0.2) is 49.1 Å². The first kappa shape index (κ1) is 17.3. The average molecular weight is 362 g/mol. The van der Waals surface area contributed by atoms with E-state index in [4.69, 9.17) is 0 Å². The highest BCUT2D eigenvalue weighted by Gasteiger charge is 2.33. The summed E-state index contributed by atoms with van der Waals surface area (Å²) in [5.74, 6) is 1.27. The van der Waals surface area contributed by atoms with Crippen LogP contribution in [0.2, 0.25) is 0 Å². The molecule has 1 aliphatic heterocycles. The van der Waals surface area contributed by atoms with Crippen molar-refractivity contribution in [3.8, 4) is 11.5 Å². The minimum absolute atomic E-state index is 0.102. The Labute approximate surface area is 158 Å². The van der Waals surface area contributed by atoms with Gasteiger partial charge in [0.25, 0.3) is 0 Å². The molecular weight excluding hydrogens is 340 g/mol. The van der Waals surface area contributed by atoms with Gasteiger partial charge in [-0.15, -0.1) is 10.2 Å². The van der Waals surface area contributed by atoms with Gasteiger partial charge in [-0.1, -0.05) is 30.3 Å². The highest BCUT2D eigenvalue weighted by Crippen LogP contribution is 2.30. The minimum atomic E-state index is -0.252. The molecule has 1 aromatic carbocycles. The zero-order valence-corrected chi connectivity index (χ0v) is 15.3. The quantitative estimate of drug-likeness (QED) is 0.696. The fourth-order valence-electron chi connectivity index (χ4n) is 3.53. The Bertz CT molecular complexity index is 909. The SMILES string of the molecule is CN(CCc1ccccc1)C(=O)C1CCCn2c(-c3cnccn3)nnc21. The maximum absolute atomic E-state index is 13.0. The Hall–Kier alpha value is -3.09. The van der Waals surface area contributed by atoms with Crippen LogP contribution in [0.25, 0.3) is 11.5 Å². The molecule has 138 valence electrons. The van der Waals surface area contributed by atoms with Crippen LogP contribution in [0.4, 0.5) is 0 Å². The van der Waals surface area contributed by atoms with Gasteiger partial charge in [0.2, 0.25) is 5.91 Å². The van der Waals surface area contributed by atoms with Crippen LogP contribution in [-0.2, 0) is 17.8 Å². The number of hydrogen-bond donors (Lipinski definition) is 0. The van der Waals surface area contributed by atoms with E-state index < -0.39 is 0 Å². The zero-order chi connectivity index (χ0) is 18.6. The number of nitrogens with zero attached hydrogens (tertiary/aromatic N) is 6. The standard InChI is InChI=1S/C20H22N6O/c1-25(13-9-15-6-3-2-4-7-15)20(27)16-8-5-12-26-18(16)23-24-19(26)17-14-21-10-11-22-17/h2-4,6-7,10-11,14,16H,5,8-9,12-13H2,1H3. The summed E-state index contributed by atoms with van der Waals surface area (Å²) in [6.07, 6.45) is 7.50. The van der Waals surface area contributed by atoms with Crippen molar-refractivity contribution in [2.24, 2.45) is 0 Å². The first-order valence-corrected chi connectivity index (χ1v) is 9.22. The van der Waals surface area contributed by atoms with Gasteiger partial charge >= 0.3 is 0 Å². The average Bonchev–Trinajstić information content (AvgIpc) is 3.17. The van der Waals surface area contributed by atoms with E-state index in [1.54, 1.807) is 18.6 Å². The first-order chi connectivity index (χ1) is 13.2. The van der Waals surface area contributed by atoms with E-state index in [1.165, 1.54) is 5.56 Å². The molecule has 0 radical (unpaired) electrons. The molecule has 4 rings (SSSR count). The van der Waals surface area contributed by atoms with Crippen LogP contribution in [0.5, 0.6) is 0 Å². The molecule has 3 heterocycles. The summed E-state index contributed by atoms with van der Waals surface area (Å²) in [6.45, 7) is 1.48. The molecule has 0 saturated heterocycles. The van der Waals surface area contributed by atoms with Crippen LogP contribution >= 0.6 is 0 Å². The largest absolute Gasteiger partial charge is 0.345 e. The van der Waals surface area contributed by atoms with Crippen LogP contribution < -0.4 is 0 Å². The molecule has 7 nitrogen and oxygen atoms in total. The summed E-state index contributed by atoms with van der Waals surface area (Å²) in [5, 5.41) is 8.63. The number of carbonyl (C=O) groups is 1. The highest BCUT2D eigenvalue weighted by molar-refractivity contribution is 5.83. The topological polar surface area (TPSA) is 76.8 Å². The maximum atomic E-state index is 13.0. The molecule has 3 aromatic rings. The third-order valence-electron chi connectivity index (χ3n) is 5.01. The summed E-state index contributed by atoms with van der Waals surface area (Å²) in [6, 6.07) is 10.2. The van der Waals surface area contributed by atoms with Gasteiger partial charge < -0.3 is 9.47 Å². The summed E-state index contributed by atoms with van der Waals surface area (Å²) in [7, 11) is 1.87. The normalized spacial score (nSPS) is 16.0. The third kappa shape index (κ3) is 3.58. The lowest BCUT2D eigenvalue weighted by atomic mass is 9.97. The Morgan fingerprint density at radius 2 is 2.07 bits per heavy atom. The second-order valence-electron chi connectivity index (χ2n) is 6.81. The fraction of sp³-hybridized carbons (Fsp3) is 0.350. The summed E-state index contributed by atoms with van der Waals surface area (Å²) in [5.41, 5.74) is 1.91. The van der Waals surface area contributed by atoms with Crippen molar-refractivity contribution in [3.05, 3.63) is 60.3 Å². The molecular formula is C20H22N6O. The second kappa shape index (κ2) is 7.65. The van der Waals surface area contributed by atoms with E-state index in [0.29, 0.717) is 18.1 Å². The Balaban J connectivity index is 1.50. The molecule has 27 heavy (non-hydrogen) atoms. The molecule has 0 fully saturated rings. The number of rotatable bonds is 5. The number of hydrogen-bond acceptors (Lipinski definition) is 5. The smallest absolute Gasteiger partial charge is 0.233 e. The van der Waals surface area contributed by atoms with Crippen molar-refractivity contribution in [1.82, 2.24) is 29.6 Å². The number of benzene rings is 1. The molecule has 0 bridgehead atoms. The molecule has 0 spiro atoms. The zero-order valence-electron chi connectivity index (χ0n) is 15.3. The number of fused-ring (bicyclic) bond motifs is 1. The first-order valence-electron chi connectivity index (χ1n) is 9.22. The van der Waals surface area contributed by atoms with Crippen LogP contribution in [0, 0.1) is 0 Å². The van der Waals surface area contributed by atoms with Gasteiger partial charge in [-0.2, -0.15) is 0 Å². The lowest BCUT2D eigenvalue weighted by Crippen LogP contribution is -2.36.